The van der Waals surface area contributed by atoms with E-state index in [0.29, 0.717) is 63.7 Å². The summed E-state index contributed by atoms with van der Waals surface area (Å²) in [5, 5.41) is 11.9. The number of benzene rings is 2. The zero-order chi connectivity index (χ0) is 26.0. The number of amides is 3. The van der Waals surface area contributed by atoms with E-state index in [0.717, 1.165) is 18.7 Å². The second kappa shape index (κ2) is 13.1. The summed E-state index contributed by atoms with van der Waals surface area (Å²) in [6.45, 7) is 5.64. The van der Waals surface area contributed by atoms with Crippen LogP contribution < -0.4 is 15.8 Å². The first kappa shape index (κ1) is 26.4. The Bertz CT molecular complexity index is 1060. The zero-order valence-corrected chi connectivity index (χ0v) is 20.9. The molecular formula is C27H34N6O4. The third-order valence-corrected chi connectivity index (χ3v) is 6.54. The second-order valence-corrected chi connectivity index (χ2v) is 9.41. The van der Waals surface area contributed by atoms with Crippen LogP contribution in [0.25, 0.3) is 0 Å². The number of carbonyl (C=O) groups is 2. The van der Waals surface area contributed by atoms with Crippen molar-refractivity contribution in [1.82, 2.24) is 20.0 Å². The maximum atomic E-state index is 12.4. The van der Waals surface area contributed by atoms with E-state index in [1.165, 1.54) is 0 Å². The highest BCUT2D eigenvalue weighted by atomic mass is 16.5. The van der Waals surface area contributed by atoms with Gasteiger partial charge in [-0.1, -0.05) is 30.3 Å². The quantitative estimate of drug-likeness (QED) is 0.466. The van der Waals surface area contributed by atoms with Gasteiger partial charge in [-0.3, -0.25) is 14.6 Å². The van der Waals surface area contributed by atoms with Gasteiger partial charge in [-0.15, -0.1) is 0 Å². The molecule has 0 aliphatic carbocycles. The van der Waals surface area contributed by atoms with Gasteiger partial charge in [0.2, 0.25) is 5.91 Å². The van der Waals surface area contributed by atoms with Crippen LogP contribution in [0.15, 0.2) is 54.6 Å². The van der Waals surface area contributed by atoms with Crippen molar-refractivity contribution < 1.29 is 19.1 Å². The predicted molar refractivity (Wildman–Crippen MR) is 138 cm³/mol. The van der Waals surface area contributed by atoms with Gasteiger partial charge in [0.1, 0.15) is 12.4 Å². The summed E-state index contributed by atoms with van der Waals surface area (Å²) in [5.74, 6) is 0.656. The summed E-state index contributed by atoms with van der Waals surface area (Å²) >= 11 is 0. The SMILES string of the molecule is N#Cc1ccc(OCCN(CCN2CC3CN(CC(=O)NCc4ccccc4)CC(C2)O3)C(N)=O)cc1. The number of nitrogens with two attached hydrogens (primary N) is 1. The van der Waals surface area contributed by atoms with Gasteiger partial charge in [-0.2, -0.15) is 5.26 Å². The van der Waals surface area contributed by atoms with Crippen molar-refractivity contribution in [2.24, 2.45) is 5.73 Å². The summed E-state index contributed by atoms with van der Waals surface area (Å²) in [7, 11) is 0. The molecule has 37 heavy (non-hydrogen) atoms. The van der Waals surface area contributed by atoms with E-state index < -0.39 is 6.03 Å². The Labute approximate surface area is 217 Å². The molecule has 3 amide bonds. The number of nitriles is 1. The minimum Gasteiger partial charge on any atom is -0.492 e. The first-order valence-corrected chi connectivity index (χ1v) is 12.6. The Morgan fingerprint density at radius 2 is 1.70 bits per heavy atom. The maximum Gasteiger partial charge on any atom is 0.314 e. The summed E-state index contributed by atoms with van der Waals surface area (Å²) in [6.07, 6.45) is 0.0485. The lowest BCUT2D eigenvalue weighted by atomic mass is 10.1. The van der Waals surface area contributed by atoms with E-state index >= 15 is 0 Å². The molecule has 3 N–H and O–H groups in total. The molecule has 2 aromatic carbocycles. The molecule has 2 aliphatic heterocycles. The Morgan fingerprint density at radius 3 is 2.35 bits per heavy atom. The summed E-state index contributed by atoms with van der Waals surface area (Å²) in [4.78, 5) is 30.4. The summed E-state index contributed by atoms with van der Waals surface area (Å²) in [6, 6.07) is 18.3. The van der Waals surface area contributed by atoms with Crippen molar-refractivity contribution in [3.8, 4) is 11.8 Å². The molecule has 2 saturated heterocycles. The summed E-state index contributed by atoms with van der Waals surface area (Å²) in [5.41, 5.74) is 7.24. The van der Waals surface area contributed by atoms with Crippen molar-refractivity contribution in [2.45, 2.75) is 18.8 Å². The van der Waals surface area contributed by atoms with Gasteiger partial charge >= 0.3 is 6.03 Å². The van der Waals surface area contributed by atoms with Crippen LogP contribution in [0.1, 0.15) is 11.1 Å². The molecule has 196 valence electrons. The molecule has 2 fully saturated rings. The summed E-state index contributed by atoms with van der Waals surface area (Å²) < 4.78 is 11.8. The van der Waals surface area contributed by atoms with Crippen LogP contribution in [0.4, 0.5) is 4.79 Å². The van der Waals surface area contributed by atoms with E-state index in [4.69, 9.17) is 20.5 Å². The van der Waals surface area contributed by atoms with Crippen molar-refractivity contribution >= 4 is 11.9 Å². The molecule has 0 radical (unpaired) electrons. The third kappa shape index (κ3) is 8.18. The van der Waals surface area contributed by atoms with Gasteiger partial charge in [-0.05, 0) is 29.8 Å². The highest BCUT2D eigenvalue weighted by molar-refractivity contribution is 5.78. The monoisotopic (exact) mass is 506 g/mol. The first-order chi connectivity index (χ1) is 18.0. The van der Waals surface area contributed by atoms with Gasteiger partial charge in [0.25, 0.3) is 0 Å². The number of hydrogen-bond donors (Lipinski definition) is 2. The van der Waals surface area contributed by atoms with Gasteiger partial charge in [0, 0.05) is 45.8 Å². The van der Waals surface area contributed by atoms with Crippen molar-refractivity contribution in [2.75, 3.05) is 59.0 Å². The van der Waals surface area contributed by atoms with E-state index in [1.807, 2.05) is 30.3 Å². The number of urea groups is 1. The number of nitrogens with zero attached hydrogens (tertiary/aromatic N) is 4. The van der Waals surface area contributed by atoms with Crippen molar-refractivity contribution in [1.29, 1.82) is 5.26 Å². The largest absolute Gasteiger partial charge is 0.492 e. The van der Waals surface area contributed by atoms with Crippen LogP contribution >= 0.6 is 0 Å². The van der Waals surface area contributed by atoms with Gasteiger partial charge in [-0.25, -0.2) is 4.79 Å². The highest BCUT2D eigenvalue weighted by Gasteiger charge is 2.35. The lowest BCUT2D eigenvalue weighted by Gasteiger charge is -2.45. The van der Waals surface area contributed by atoms with Crippen LogP contribution in [0.5, 0.6) is 5.75 Å². The van der Waals surface area contributed by atoms with Gasteiger partial charge in [0.15, 0.2) is 0 Å². The standard InChI is InChI=1S/C27H34N6O4/c28-14-21-6-8-23(9-7-21)36-13-12-33(27(29)35)11-10-31-16-24-18-32(19-25(17-31)37-24)20-26(34)30-15-22-4-2-1-3-5-22/h1-9,24-25H,10-13,15-20H2,(H2,29,35)(H,30,34). The molecule has 10 nitrogen and oxygen atoms in total. The second-order valence-electron chi connectivity index (χ2n) is 9.41. The predicted octanol–water partition coefficient (Wildman–Crippen LogP) is 1.02. The van der Waals surface area contributed by atoms with Crippen molar-refractivity contribution in [3.63, 3.8) is 0 Å². The first-order valence-electron chi connectivity index (χ1n) is 12.6. The Hall–Kier alpha value is -3.65. The van der Waals surface area contributed by atoms with Crippen molar-refractivity contribution in [3.05, 3.63) is 65.7 Å². The Balaban J connectivity index is 1.16. The Morgan fingerprint density at radius 1 is 1.03 bits per heavy atom. The molecule has 2 bridgehead atoms. The fraction of sp³-hybridized carbons (Fsp3) is 0.444. The molecule has 2 heterocycles. The fourth-order valence-electron chi connectivity index (χ4n) is 4.72. The third-order valence-electron chi connectivity index (χ3n) is 6.54. The molecule has 10 heteroatoms. The molecule has 0 aromatic heterocycles. The molecule has 2 unspecified atom stereocenters. The number of primary amides is 1. The molecular weight excluding hydrogens is 472 g/mol. The number of hydrogen-bond acceptors (Lipinski definition) is 7. The van der Waals surface area contributed by atoms with Crippen LogP contribution in [0.3, 0.4) is 0 Å². The molecule has 0 saturated carbocycles. The molecule has 2 aromatic rings. The van der Waals surface area contributed by atoms with E-state index in [1.54, 1.807) is 29.2 Å². The average Bonchev–Trinajstić information content (AvgIpc) is 2.89. The molecule has 4 rings (SSSR count). The van der Waals surface area contributed by atoms with Gasteiger partial charge in [0.05, 0.1) is 36.9 Å². The van der Waals surface area contributed by atoms with Crippen LogP contribution in [0, 0.1) is 11.3 Å². The van der Waals surface area contributed by atoms with E-state index in [9.17, 15) is 9.59 Å². The number of morpholine rings is 2. The van der Waals surface area contributed by atoms with Crippen LogP contribution in [-0.4, -0.2) is 97.8 Å². The number of nitrogens with one attached hydrogen (secondary N) is 1. The Kier molecular flexibility index (Phi) is 9.32. The molecule has 2 aliphatic rings. The maximum absolute atomic E-state index is 12.4. The topological polar surface area (TPSA) is 124 Å². The number of carbonyl (C=O) groups excluding carboxylic acids is 2. The van der Waals surface area contributed by atoms with E-state index in [2.05, 4.69) is 21.2 Å². The molecule has 2 atom stereocenters. The minimum atomic E-state index is -0.482. The van der Waals surface area contributed by atoms with E-state index in [-0.39, 0.29) is 18.1 Å². The highest BCUT2D eigenvalue weighted by Crippen LogP contribution is 2.19. The lowest BCUT2D eigenvalue weighted by Crippen LogP contribution is -2.61. The number of rotatable bonds is 11. The fourth-order valence-corrected chi connectivity index (χ4v) is 4.72. The van der Waals surface area contributed by atoms with Gasteiger partial charge < -0.3 is 25.4 Å². The lowest BCUT2D eigenvalue weighted by molar-refractivity contribution is -0.145. The van der Waals surface area contributed by atoms with Crippen LogP contribution in [0.2, 0.25) is 0 Å². The zero-order valence-electron chi connectivity index (χ0n) is 20.9. The normalized spacial score (nSPS) is 19.5. The number of ether oxygens (including phenoxy) is 2. The van der Waals surface area contributed by atoms with Crippen LogP contribution in [-0.2, 0) is 16.1 Å². The number of fused-ring (bicyclic) bond motifs is 2. The smallest absolute Gasteiger partial charge is 0.314 e. The minimum absolute atomic E-state index is 0.0148. The average molecular weight is 507 g/mol. The molecule has 0 spiro atoms.